The largest absolute Gasteiger partial charge is 0.317 e. The Bertz CT molecular complexity index is 737. The lowest BCUT2D eigenvalue weighted by Crippen LogP contribution is -2.46. The van der Waals surface area contributed by atoms with Crippen LogP contribution >= 0.6 is 0 Å². The lowest BCUT2D eigenvalue weighted by atomic mass is 10.1. The standard InChI is InChI=1S/C16H26N2O4S2/c1-3-12-18(15-8-10-17-11-9-15)24(21,22)16-6-4-14(5-7-16)13-23(2,19)20/h4-7,15,17H,3,8-13H2,1-2H3. The van der Waals surface area contributed by atoms with Crippen LogP contribution in [0.15, 0.2) is 29.2 Å². The quantitative estimate of drug-likeness (QED) is 0.780. The SMILES string of the molecule is CCCN(C1CCNCC1)S(=O)(=O)c1ccc(CS(C)(=O)=O)cc1. The van der Waals surface area contributed by atoms with Crippen LogP contribution in [-0.2, 0) is 25.6 Å². The van der Waals surface area contributed by atoms with E-state index in [-0.39, 0.29) is 16.7 Å². The van der Waals surface area contributed by atoms with Crippen molar-refractivity contribution < 1.29 is 16.8 Å². The average Bonchev–Trinajstić information content (AvgIpc) is 2.52. The van der Waals surface area contributed by atoms with Crippen LogP contribution in [0.2, 0.25) is 0 Å². The van der Waals surface area contributed by atoms with E-state index in [2.05, 4.69) is 5.32 Å². The number of sulfonamides is 1. The van der Waals surface area contributed by atoms with E-state index in [1.165, 1.54) is 12.1 Å². The second-order valence-electron chi connectivity index (χ2n) is 6.31. The Morgan fingerprint density at radius 1 is 1.08 bits per heavy atom. The molecular formula is C16H26N2O4S2. The van der Waals surface area contributed by atoms with E-state index in [1.54, 1.807) is 16.4 Å². The Labute approximate surface area is 145 Å². The van der Waals surface area contributed by atoms with E-state index in [0.29, 0.717) is 12.1 Å². The highest BCUT2D eigenvalue weighted by Crippen LogP contribution is 2.23. The number of sulfone groups is 1. The summed E-state index contributed by atoms with van der Waals surface area (Å²) in [7, 11) is -6.70. The van der Waals surface area contributed by atoms with Crippen molar-refractivity contribution in [3.05, 3.63) is 29.8 Å². The van der Waals surface area contributed by atoms with Gasteiger partial charge < -0.3 is 5.32 Å². The summed E-state index contributed by atoms with van der Waals surface area (Å²) in [4.78, 5) is 0.228. The van der Waals surface area contributed by atoms with Crippen LogP contribution in [0.4, 0.5) is 0 Å². The van der Waals surface area contributed by atoms with Crippen molar-refractivity contribution >= 4 is 19.9 Å². The molecule has 0 atom stereocenters. The van der Waals surface area contributed by atoms with Crippen molar-refractivity contribution in [2.75, 3.05) is 25.9 Å². The first kappa shape index (κ1) is 19.4. The van der Waals surface area contributed by atoms with Crippen molar-refractivity contribution in [1.29, 1.82) is 0 Å². The van der Waals surface area contributed by atoms with Crippen LogP contribution in [-0.4, -0.2) is 53.1 Å². The molecule has 1 saturated heterocycles. The van der Waals surface area contributed by atoms with Gasteiger partial charge in [-0.3, -0.25) is 0 Å². The fourth-order valence-corrected chi connectivity index (χ4v) is 5.58. The summed E-state index contributed by atoms with van der Waals surface area (Å²) >= 11 is 0. The summed E-state index contributed by atoms with van der Waals surface area (Å²) in [6.07, 6.45) is 3.55. The molecule has 8 heteroatoms. The second kappa shape index (κ2) is 7.95. The van der Waals surface area contributed by atoms with Crippen LogP contribution in [0, 0.1) is 0 Å². The Kier molecular flexibility index (Phi) is 6.41. The van der Waals surface area contributed by atoms with Gasteiger partial charge in [0.2, 0.25) is 10.0 Å². The van der Waals surface area contributed by atoms with Crippen LogP contribution in [0.3, 0.4) is 0 Å². The van der Waals surface area contributed by atoms with Crippen molar-refractivity contribution in [1.82, 2.24) is 9.62 Å². The van der Waals surface area contributed by atoms with Gasteiger partial charge in [-0.15, -0.1) is 0 Å². The lowest BCUT2D eigenvalue weighted by Gasteiger charge is -2.33. The molecule has 1 N–H and O–H groups in total. The van der Waals surface area contributed by atoms with Gasteiger partial charge in [-0.1, -0.05) is 19.1 Å². The second-order valence-corrected chi connectivity index (χ2v) is 10.3. The molecule has 2 rings (SSSR count). The van der Waals surface area contributed by atoms with E-state index in [4.69, 9.17) is 0 Å². The summed E-state index contributed by atoms with van der Waals surface area (Å²) in [5, 5.41) is 3.25. The number of hydrogen-bond donors (Lipinski definition) is 1. The first-order chi connectivity index (χ1) is 11.2. The lowest BCUT2D eigenvalue weighted by molar-refractivity contribution is 0.262. The van der Waals surface area contributed by atoms with Crippen molar-refractivity contribution in [3.8, 4) is 0 Å². The molecule has 24 heavy (non-hydrogen) atoms. The fourth-order valence-electron chi connectivity index (χ4n) is 3.01. The molecule has 6 nitrogen and oxygen atoms in total. The third-order valence-corrected chi connectivity index (χ3v) is 6.94. The van der Waals surface area contributed by atoms with Crippen LogP contribution in [0.5, 0.6) is 0 Å². The molecule has 136 valence electrons. The van der Waals surface area contributed by atoms with Gasteiger partial charge in [-0.05, 0) is 50.0 Å². The normalized spacial score (nSPS) is 17.3. The molecule has 1 heterocycles. The highest BCUT2D eigenvalue weighted by atomic mass is 32.2. The number of hydrogen-bond acceptors (Lipinski definition) is 5. The molecule has 1 aromatic carbocycles. The molecule has 1 aliphatic heterocycles. The number of benzene rings is 1. The van der Waals surface area contributed by atoms with E-state index in [9.17, 15) is 16.8 Å². The topological polar surface area (TPSA) is 83.6 Å². The van der Waals surface area contributed by atoms with Gasteiger partial charge in [0, 0.05) is 18.8 Å². The third kappa shape index (κ3) is 5.02. The molecule has 0 spiro atoms. The monoisotopic (exact) mass is 374 g/mol. The maximum absolute atomic E-state index is 13.0. The Balaban J connectivity index is 2.25. The van der Waals surface area contributed by atoms with Crippen LogP contribution < -0.4 is 5.32 Å². The number of nitrogens with one attached hydrogen (secondary N) is 1. The molecule has 1 aromatic rings. The molecule has 1 fully saturated rings. The maximum atomic E-state index is 13.0. The van der Waals surface area contributed by atoms with Gasteiger partial charge >= 0.3 is 0 Å². The number of rotatable bonds is 7. The minimum absolute atomic E-state index is 0.0203. The van der Waals surface area contributed by atoms with Crippen molar-refractivity contribution in [3.63, 3.8) is 0 Å². The molecule has 0 unspecified atom stereocenters. The molecule has 1 aliphatic rings. The van der Waals surface area contributed by atoms with E-state index in [1.807, 2.05) is 6.92 Å². The summed E-state index contributed by atoms with van der Waals surface area (Å²) < 4.78 is 50.3. The summed E-state index contributed by atoms with van der Waals surface area (Å²) in [6.45, 7) is 4.12. The minimum Gasteiger partial charge on any atom is -0.317 e. The zero-order valence-electron chi connectivity index (χ0n) is 14.2. The Hall–Kier alpha value is -0.960. The molecule has 0 radical (unpaired) electrons. The zero-order chi connectivity index (χ0) is 17.8. The van der Waals surface area contributed by atoms with Crippen molar-refractivity contribution in [2.24, 2.45) is 0 Å². The van der Waals surface area contributed by atoms with Gasteiger partial charge in [-0.25, -0.2) is 16.8 Å². The maximum Gasteiger partial charge on any atom is 0.243 e. The summed E-state index contributed by atoms with van der Waals surface area (Å²) in [5.41, 5.74) is 0.598. The highest BCUT2D eigenvalue weighted by molar-refractivity contribution is 7.90. The van der Waals surface area contributed by atoms with E-state index in [0.717, 1.165) is 38.6 Å². The van der Waals surface area contributed by atoms with Gasteiger partial charge in [0.1, 0.15) is 0 Å². The van der Waals surface area contributed by atoms with E-state index >= 15 is 0 Å². The van der Waals surface area contributed by atoms with Gasteiger partial charge in [0.05, 0.1) is 10.6 Å². The predicted molar refractivity (Wildman–Crippen MR) is 95.1 cm³/mol. The fraction of sp³-hybridized carbons (Fsp3) is 0.625. The smallest absolute Gasteiger partial charge is 0.243 e. The molecule has 0 aliphatic carbocycles. The molecule has 0 amide bonds. The first-order valence-electron chi connectivity index (χ1n) is 8.23. The van der Waals surface area contributed by atoms with Crippen LogP contribution in [0.1, 0.15) is 31.7 Å². The van der Waals surface area contributed by atoms with E-state index < -0.39 is 19.9 Å². The summed E-state index contributed by atoms with van der Waals surface area (Å²) in [5.74, 6) is -0.0830. The third-order valence-electron chi connectivity index (χ3n) is 4.12. The Morgan fingerprint density at radius 2 is 1.67 bits per heavy atom. The molecular weight excluding hydrogens is 348 g/mol. The van der Waals surface area contributed by atoms with Crippen LogP contribution in [0.25, 0.3) is 0 Å². The molecule has 0 bridgehead atoms. The molecule has 0 aromatic heterocycles. The van der Waals surface area contributed by atoms with Gasteiger partial charge in [0.15, 0.2) is 9.84 Å². The average molecular weight is 375 g/mol. The van der Waals surface area contributed by atoms with Gasteiger partial charge in [-0.2, -0.15) is 4.31 Å². The zero-order valence-corrected chi connectivity index (χ0v) is 15.9. The first-order valence-corrected chi connectivity index (χ1v) is 11.7. The van der Waals surface area contributed by atoms with Gasteiger partial charge in [0.25, 0.3) is 0 Å². The number of piperidine rings is 1. The molecule has 0 saturated carbocycles. The predicted octanol–water partition coefficient (Wildman–Crippen LogP) is 1.38. The number of nitrogens with zero attached hydrogens (tertiary/aromatic N) is 1. The summed E-state index contributed by atoms with van der Waals surface area (Å²) in [6, 6.07) is 6.21. The van der Waals surface area contributed by atoms with Crippen molar-refractivity contribution in [2.45, 2.75) is 42.9 Å². The minimum atomic E-state index is -3.57. The Morgan fingerprint density at radius 3 is 2.17 bits per heavy atom. The highest BCUT2D eigenvalue weighted by Gasteiger charge is 2.31.